The van der Waals surface area contributed by atoms with Crippen molar-refractivity contribution in [1.82, 2.24) is 10.2 Å². The van der Waals surface area contributed by atoms with Gasteiger partial charge in [0.1, 0.15) is 5.51 Å². The Morgan fingerprint density at radius 3 is 2.75 bits per heavy atom. The molecule has 0 aliphatic heterocycles. The molecule has 0 saturated heterocycles. The van der Waals surface area contributed by atoms with Crippen molar-refractivity contribution in [2.45, 2.75) is 12.8 Å². The molecule has 1 heterocycles. The summed E-state index contributed by atoms with van der Waals surface area (Å²) in [6.07, 6.45) is 0. The van der Waals surface area contributed by atoms with E-state index in [9.17, 15) is 4.79 Å². The minimum Gasteiger partial charge on any atom is -0.300 e. The standard InChI is InChI=1S/C11H11N3OS/c1-8(9-5-3-2-4-6-9)10(15)13-11-14-12-7-16-11/h2-8H,1H3,(H,13,14,15). The second-order valence-electron chi connectivity index (χ2n) is 3.37. The number of nitrogens with one attached hydrogen (secondary N) is 1. The monoisotopic (exact) mass is 233 g/mol. The highest BCUT2D eigenvalue weighted by molar-refractivity contribution is 7.13. The molecule has 0 fully saturated rings. The van der Waals surface area contributed by atoms with Crippen molar-refractivity contribution in [2.24, 2.45) is 0 Å². The predicted molar refractivity (Wildman–Crippen MR) is 63.4 cm³/mol. The lowest BCUT2D eigenvalue weighted by molar-refractivity contribution is -0.117. The molecule has 16 heavy (non-hydrogen) atoms. The summed E-state index contributed by atoms with van der Waals surface area (Å²) in [6.45, 7) is 1.87. The van der Waals surface area contributed by atoms with Gasteiger partial charge in [-0.05, 0) is 12.5 Å². The molecular weight excluding hydrogens is 222 g/mol. The fraction of sp³-hybridized carbons (Fsp3) is 0.182. The highest BCUT2D eigenvalue weighted by Crippen LogP contribution is 2.17. The van der Waals surface area contributed by atoms with Crippen molar-refractivity contribution in [2.75, 3.05) is 5.32 Å². The number of nitrogens with zero attached hydrogens (tertiary/aromatic N) is 2. The molecule has 1 aromatic carbocycles. The molecule has 0 spiro atoms. The van der Waals surface area contributed by atoms with Crippen molar-refractivity contribution in [1.29, 1.82) is 0 Å². The summed E-state index contributed by atoms with van der Waals surface area (Å²) >= 11 is 1.31. The third kappa shape index (κ3) is 2.43. The van der Waals surface area contributed by atoms with E-state index in [-0.39, 0.29) is 11.8 Å². The summed E-state index contributed by atoms with van der Waals surface area (Å²) < 4.78 is 0. The van der Waals surface area contributed by atoms with E-state index in [0.29, 0.717) is 5.13 Å². The molecule has 82 valence electrons. The second kappa shape index (κ2) is 4.85. The van der Waals surface area contributed by atoms with Crippen molar-refractivity contribution in [3.8, 4) is 0 Å². The maximum atomic E-state index is 11.8. The zero-order valence-corrected chi connectivity index (χ0v) is 9.57. The third-order valence-corrected chi connectivity index (χ3v) is 2.89. The van der Waals surface area contributed by atoms with E-state index in [0.717, 1.165) is 5.56 Å². The lowest BCUT2D eigenvalue weighted by Crippen LogP contribution is -2.18. The number of hydrogen-bond donors (Lipinski definition) is 1. The summed E-state index contributed by atoms with van der Waals surface area (Å²) in [5, 5.41) is 10.7. The number of rotatable bonds is 3. The molecule has 0 radical (unpaired) electrons. The molecule has 0 bridgehead atoms. The maximum absolute atomic E-state index is 11.8. The van der Waals surface area contributed by atoms with Gasteiger partial charge in [-0.2, -0.15) is 0 Å². The maximum Gasteiger partial charge on any atom is 0.233 e. The van der Waals surface area contributed by atoms with E-state index in [1.807, 2.05) is 37.3 Å². The van der Waals surface area contributed by atoms with Gasteiger partial charge in [0, 0.05) is 0 Å². The summed E-state index contributed by atoms with van der Waals surface area (Å²) in [4.78, 5) is 11.8. The van der Waals surface area contributed by atoms with Gasteiger partial charge < -0.3 is 5.32 Å². The van der Waals surface area contributed by atoms with Crippen LogP contribution in [0.3, 0.4) is 0 Å². The van der Waals surface area contributed by atoms with Gasteiger partial charge in [-0.25, -0.2) is 0 Å². The lowest BCUT2D eigenvalue weighted by atomic mass is 10.0. The van der Waals surface area contributed by atoms with E-state index in [2.05, 4.69) is 15.5 Å². The van der Waals surface area contributed by atoms with E-state index >= 15 is 0 Å². The molecule has 5 heteroatoms. The fourth-order valence-corrected chi connectivity index (χ4v) is 1.78. The number of aromatic nitrogens is 2. The van der Waals surface area contributed by atoms with Crippen LogP contribution < -0.4 is 5.32 Å². The Hall–Kier alpha value is -1.75. The van der Waals surface area contributed by atoms with Crippen LogP contribution in [0.1, 0.15) is 18.4 Å². The molecule has 1 N–H and O–H groups in total. The Bertz CT molecular complexity index is 455. The van der Waals surface area contributed by atoms with Crippen LogP contribution in [0.2, 0.25) is 0 Å². The highest BCUT2D eigenvalue weighted by atomic mass is 32.1. The summed E-state index contributed by atoms with van der Waals surface area (Å²) in [6, 6.07) is 9.64. The minimum absolute atomic E-state index is 0.0667. The average Bonchev–Trinajstić information content (AvgIpc) is 2.82. The normalized spacial score (nSPS) is 12.1. The first-order chi connectivity index (χ1) is 7.77. The Kier molecular flexibility index (Phi) is 3.26. The molecule has 0 saturated carbocycles. The first-order valence-electron chi connectivity index (χ1n) is 4.89. The molecule has 0 aliphatic carbocycles. The van der Waals surface area contributed by atoms with Crippen molar-refractivity contribution >= 4 is 22.4 Å². The number of amides is 1. The Balaban J connectivity index is 2.05. The van der Waals surface area contributed by atoms with Crippen LogP contribution >= 0.6 is 11.3 Å². The highest BCUT2D eigenvalue weighted by Gasteiger charge is 2.15. The molecule has 2 aromatic rings. The van der Waals surface area contributed by atoms with E-state index in [4.69, 9.17) is 0 Å². The van der Waals surface area contributed by atoms with Gasteiger partial charge in [0.15, 0.2) is 0 Å². The summed E-state index contributed by atoms with van der Waals surface area (Å²) in [5.74, 6) is -0.256. The smallest absolute Gasteiger partial charge is 0.233 e. The Morgan fingerprint density at radius 1 is 1.38 bits per heavy atom. The van der Waals surface area contributed by atoms with Gasteiger partial charge in [0.05, 0.1) is 5.92 Å². The quantitative estimate of drug-likeness (QED) is 0.884. The van der Waals surface area contributed by atoms with Crippen LogP contribution in [-0.4, -0.2) is 16.1 Å². The largest absolute Gasteiger partial charge is 0.300 e. The fourth-order valence-electron chi connectivity index (χ4n) is 1.33. The molecule has 0 aliphatic rings. The van der Waals surface area contributed by atoms with E-state index < -0.39 is 0 Å². The SMILES string of the molecule is CC(C(=O)Nc1nncs1)c1ccccc1. The third-order valence-electron chi connectivity index (χ3n) is 2.28. The van der Waals surface area contributed by atoms with Gasteiger partial charge in [0.2, 0.25) is 11.0 Å². The van der Waals surface area contributed by atoms with Crippen molar-refractivity contribution < 1.29 is 4.79 Å². The molecule has 2 rings (SSSR count). The van der Waals surface area contributed by atoms with Crippen LogP contribution in [0.4, 0.5) is 5.13 Å². The Morgan fingerprint density at radius 2 is 2.12 bits per heavy atom. The lowest BCUT2D eigenvalue weighted by Gasteiger charge is -2.10. The van der Waals surface area contributed by atoms with Gasteiger partial charge in [-0.3, -0.25) is 4.79 Å². The molecule has 1 amide bonds. The van der Waals surface area contributed by atoms with E-state index in [1.54, 1.807) is 5.51 Å². The average molecular weight is 233 g/mol. The van der Waals surface area contributed by atoms with Crippen LogP contribution in [0, 0.1) is 0 Å². The molecular formula is C11H11N3OS. The number of hydrogen-bond acceptors (Lipinski definition) is 4. The summed E-state index contributed by atoms with van der Waals surface area (Å²) in [7, 11) is 0. The number of benzene rings is 1. The second-order valence-corrected chi connectivity index (χ2v) is 4.20. The first-order valence-corrected chi connectivity index (χ1v) is 5.77. The molecule has 1 aromatic heterocycles. The van der Waals surface area contributed by atoms with Crippen LogP contribution in [-0.2, 0) is 4.79 Å². The summed E-state index contributed by atoms with van der Waals surface area (Å²) in [5.41, 5.74) is 2.58. The Labute approximate surface area is 97.3 Å². The van der Waals surface area contributed by atoms with E-state index in [1.165, 1.54) is 11.3 Å². The van der Waals surface area contributed by atoms with Gasteiger partial charge in [-0.15, -0.1) is 10.2 Å². The zero-order chi connectivity index (χ0) is 11.4. The topological polar surface area (TPSA) is 54.9 Å². The molecule has 4 nitrogen and oxygen atoms in total. The van der Waals surface area contributed by atoms with Crippen LogP contribution in [0.25, 0.3) is 0 Å². The molecule has 1 atom stereocenters. The van der Waals surface area contributed by atoms with Gasteiger partial charge in [0.25, 0.3) is 0 Å². The van der Waals surface area contributed by atoms with Crippen molar-refractivity contribution in [3.05, 3.63) is 41.4 Å². The van der Waals surface area contributed by atoms with Gasteiger partial charge >= 0.3 is 0 Å². The zero-order valence-electron chi connectivity index (χ0n) is 8.75. The number of carbonyl (C=O) groups excluding carboxylic acids is 1. The number of carbonyl (C=O) groups is 1. The van der Waals surface area contributed by atoms with Gasteiger partial charge in [-0.1, -0.05) is 41.7 Å². The van der Waals surface area contributed by atoms with Crippen LogP contribution in [0.15, 0.2) is 35.8 Å². The number of anilines is 1. The first kappa shape index (κ1) is 10.8. The molecule has 1 unspecified atom stereocenters. The predicted octanol–water partition coefficient (Wildman–Crippen LogP) is 2.28. The minimum atomic E-state index is -0.190. The van der Waals surface area contributed by atoms with Crippen molar-refractivity contribution in [3.63, 3.8) is 0 Å². The van der Waals surface area contributed by atoms with Crippen LogP contribution in [0.5, 0.6) is 0 Å².